The number of nitrogens with zero attached hydrogens (tertiary/aromatic N) is 2. The highest BCUT2D eigenvalue weighted by molar-refractivity contribution is 5.53. The second-order valence-corrected chi connectivity index (χ2v) is 5.96. The van der Waals surface area contributed by atoms with Gasteiger partial charge in [0.25, 0.3) is 0 Å². The average molecular weight is 295 g/mol. The van der Waals surface area contributed by atoms with Crippen molar-refractivity contribution in [3.63, 3.8) is 0 Å². The van der Waals surface area contributed by atoms with Crippen molar-refractivity contribution in [1.29, 1.82) is 0 Å². The minimum absolute atomic E-state index is 0.611. The zero-order valence-corrected chi connectivity index (χ0v) is 13.9. The third-order valence-corrected chi connectivity index (χ3v) is 4.16. The van der Waals surface area contributed by atoms with E-state index in [4.69, 9.17) is 0 Å². The second kappa shape index (κ2) is 9.34. The molecule has 0 aliphatic carbocycles. The van der Waals surface area contributed by atoms with Crippen molar-refractivity contribution in [2.45, 2.75) is 64.7 Å². The molecule has 2 nitrogen and oxygen atoms in total. The molecule has 0 amide bonds. The van der Waals surface area contributed by atoms with Crippen LogP contribution in [0.5, 0.6) is 0 Å². The summed E-state index contributed by atoms with van der Waals surface area (Å²) in [6, 6.07) is 10.8. The van der Waals surface area contributed by atoms with E-state index in [2.05, 4.69) is 29.9 Å². The van der Waals surface area contributed by atoms with Crippen LogP contribution in [0.1, 0.15) is 70.3 Å². The van der Waals surface area contributed by atoms with Gasteiger partial charge in [-0.15, -0.1) is 0 Å². The SMILES string of the molecule is CCCCCCC(CCC)c1cnc(-c2cc[c]cc2)nc1. The van der Waals surface area contributed by atoms with Crippen LogP contribution in [0.2, 0.25) is 0 Å². The van der Waals surface area contributed by atoms with Crippen LogP contribution < -0.4 is 0 Å². The fourth-order valence-corrected chi connectivity index (χ4v) is 2.88. The van der Waals surface area contributed by atoms with Crippen LogP contribution in [-0.2, 0) is 0 Å². The Labute approximate surface area is 135 Å². The Morgan fingerprint density at radius 1 is 0.909 bits per heavy atom. The monoisotopic (exact) mass is 295 g/mol. The summed E-state index contributed by atoms with van der Waals surface area (Å²) < 4.78 is 0. The first-order valence-electron chi connectivity index (χ1n) is 8.63. The Balaban J connectivity index is 2.02. The minimum Gasteiger partial charge on any atom is -0.236 e. The summed E-state index contributed by atoms with van der Waals surface area (Å²) in [5.74, 6) is 1.42. The van der Waals surface area contributed by atoms with Gasteiger partial charge in [0.2, 0.25) is 0 Å². The number of hydrogen-bond acceptors (Lipinski definition) is 2. The van der Waals surface area contributed by atoms with E-state index in [1.165, 1.54) is 50.5 Å². The van der Waals surface area contributed by atoms with Crippen molar-refractivity contribution in [3.05, 3.63) is 48.3 Å². The third-order valence-electron chi connectivity index (χ3n) is 4.16. The maximum Gasteiger partial charge on any atom is 0.159 e. The van der Waals surface area contributed by atoms with Gasteiger partial charge in [-0.1, -0.05) is 70.2 Å². The molecule has 1 radical (unpaired) electrons. The first-order chi connectivity index (χ1) is 10.8. The van der Waals surface area contributed by atoms with Gasteiger partial charge < -0.3 is 0 Å². The van der Waals surface area contributed by atoms with Crippen LogP contribution in [0.25, 0.3) is 11.4 Å². The lowest BCUT2D eigenvalue weighted by molar-refractivity contribution is 0.519. The van der Waals surface area contributed by atoms with E-state index in [-0.39, 0.29) is 0 Å². The van der Waals surface area contributed by atoms with Crippen LogP contribution >= 0.6 is 0 Å². The highest BCUT2D eigenvalue weighted by Crippen LogP contribution is 2.27. The zero-order chi connectivity index (χ0) is 15.6. The van der Waals surface area contributed by atoms with Gasteiger partial charge in [0, 0.05) is 18.0 Å². The summed E-state index contributed by atoms with van der Waals surface area (Å²) in [6.45, 7) is 4.52. The molecule has 0 aliphatic heterocycles. The number of hydrogen-bond donors (Lipinski definition) is 0. The Hall–Kier alpha value is -1.70. The molecular formula is C20H27N2. The van der Waals surface area contributed by atoms with Gasteiger partial charge in [0.1, 0.15) is 0 Å². The minimum atomic E-state index is 0.611. The lowest BCUT2D eigenvalue weighted by atomic mass is 9.91. The van der Waals surface area contributed by atoms with E-state index in [0.717, 1.165) is 11.4 Å². The lowest BCUT2D eigenvalue weighted by Crippen LogP contribution is -2.01. The van der Waals surface area contributed by atoms with E-state index >= 15 is 0 Å². The van der Waals surface area contributed by atoms with Crippen LogP contribution in [0.4, 0.5) is 0 Å². The number of unbranched alkanes of at least 4 members (excludes halogenated alkanes) is 3. The summed E-state index contributed by atoms with van der Waals surface area (Å²) in [4.78, 5) is 9.14. The Kier molecular flexibility index (Phi) is 7.08. The molecule has 1 heterocycles. The predicted molar refractivity (Wildman–Crippen MR) is 92.7 cm³/mol. The molecule has 0 bridgehead atoms. The Morgan fingerprint density at radius 3 is 2.27 bits per heavy atom. The molecule has 117 valence electrons. The molecule has 0 N–H and O–H groups in total. The first-order valence-corrected chi connectivity index (χ1v) is 8.63. The summed E-state index contributed by atoms with van der Waals surface area (Å²) in [6.07, 6.45) is 13.1. The molecule has 2 rings (SSSR count). The molecule has 1 unspecified atom stereocenters. The highest BCUT2D eigenvalue weighted by atomic mass is 14.9. The van der Waals surface area contributed by atoms with Crippen LogP contribution in [0, 0.1) is 6.07 Å². The van der Waals surface area contributed by atoms with Crippen LogP contribution in [-0.4, -0.2) is 9.97 Å². The second-order valence-electron chi connectivity index (χ2n) is 5.96. The third kappa shape index (κ3) is 4.94. The number of benzene rings is 1. The predicted octanol–water partition coefficient (Wildman–Crippen LogP) is 5.80. The first kappa shape index (κ1) is 16.7. The zero-order valence-electron chi connectivity index (χ0n) is 13.9. The van der Waals surface area contributed by atoms with E-state index in [1.807, 2.05) is 36.7 Å². The summed E-state index contributed by atoms with van der Waals surface area (Å²) in [5.41, 5.74) is 2.35. The fraction of sp³-hybridized carbons (Fsp3) is 0.500. The summed E-state index contributed by atoms with van der Waals surface area (Å²) >= 11 is 0. The van der Waals surface area contributed by atoms with Gasteiger partial charge in [-0.3, -0.25) is 0 Å². The van der Waals surface area contributed by atoms with Gasteiger partial charge in [-0.2, -0.15) is 0 Å². The summed E-state index contributed by atoms with van der Waals surface area (Å²) in [7, 11) is 0. The van der Waals surface area contributed by atoms with Gasteiger partial charge >= 0.3 is 0 Å². The number of aromatic nitrogens is 2. The van der Waals surface area contributed by atoms with E-state index in [1.54, 1.807) is 0 Å². The van der Waals surface area contributed by atoms with E-state index < -0.39 is 0 Å². The Morgan fingerprint density at radius 2 is 1.64 bits per heavy atom. The van der Waals surface area contributed by atoms with Gasteiger partial charge in [0.05, 0.1) is 0 Å². The molecule has 0 saturated carbocycles. The molecule has 0 saturated heterocycles. The molecule has 22 heavy (non-hydrogen) atoms. The normalized spacial score (nSPS) is 12.3. The highest BCUT2D eigenvalue weighted by Gasteiger charge is 2.12. The van der Waals surface area contributed by atoms with Crippen molar-refractivity contribution < 1.29 is 0 Å². The van der Waals surface area contributed by atoms with Crippen molar-refractivity contribution in [2.75, 3.05) is 0 Å². The van der Waals surface area contributed by atoms with Gasteiger partial charge in [0.15, 0.2) is 5.82 Å². The van der Waals surface area contributed by atoms with Crippen LogP contribution in [0.15, 0.2) is 36.7 Å². The lowest BCUT2D eigenvalue weighted by Gasteiger charge is -2.16. The number of rotatable bonds is 9. The van der Waals surface area contributed by atoms with Gasteiger partial charge in [-0.05, 0) is 30.4 Å². The molecule has 1 aromatic heterocycles. The standard InChI is InChI=1S/C20H27N2/c1-3-5-6-8-12-17(11-4-2)19-15-21-20(22-16-19)18-13-9-7-10-14-18/h9-10,13-17H,3-6,8,11-12H2,1-2H3. The molecule has 1 aromatic carbocycles. The molecular weight excluding hydrogens is 268 g/mol. The van der Waals surface area contributed by atoms with Crippen molar-refractivity contribution >= 4 is 0 Å². The maximum absolute atomic E-state index is 4.57. The average Bonchev–Trinajstić information content (AvgIpc) is 2.59. The Bertz CT molecular complexity index is 519. The van der Waals surface area contributed by atoms with E-state index in [9.17, 15) is 0 Å². The fourth-order valence-electron chi connectivity index (χ4n) is 2.88. The molecule has 1 atom stereocenters. The largest absolute Gasteiger partial charge is 0.236 e. The molecule has 2 heteroatoms. The van der Waals surface area contributed by atoms with Crippen molar-refractivity contribution in [3.8, 4) is 11.4 Å². The van der Waals surface area contributed by atoms with Crippen LogP contribution in [0.3, 0.4) is 0 Å². The molecule has 0 fully saturated rings. The smallest absolute Gasteiger partial charge is 0.159 e. The topological polar surface area (TPSA) is 25.8 Å². The van der Waals surface area contributed by atoms with E-state index in [0.29, 0.717) is 5.92 Å². The van der Waals surface area contributed by atoms with Crippen molar-refractivity contribution in [1.82, 2.24) is 9.97 Å². The van der Waals surface area contributed by atoms with Crippen molar-refractivity contribution in [2.24, 2.45) is 0 Å². The maximum atomic E-state index is 4.57. The molecule has 0 aliphatic rings. The quantitative estimate of drug-likeness (QED) is 0.546. The summed E-state index contributed by atoms with van der Waals surface area (Å²) in [5, 5.41) is 0. The molecule has 0 spiro atoms. The van der Waals surface area contributed by atoms with Gasteiger partial charge in [-0.25, -0.2) is 9.97 Å². The molecule has 2 aromatic rings.